The molecule has 0 radical (unpaired) electrons. The smallest absolute Gasteiger partial charge is 0.331 e. The van der Waals surface area contributed by atoms with Gasteiger partial charge in [-0.2, -0.15) is 5.10 Å². The number of nitrogens with zero attached hydrogens (tertiary/aromatic N) is 3. The molecule has 104 valence electrons. The zero-order chi connectivity index (χ0) is 14.7. The number of carboxylic acids is 1. The average Bonchev–Trinajstić information content (AvgIpc) is 2.82. The van der Waals surface area contributed by atoms with Crippen LogP contribution in [0.2, 0.25) is 0 Å². The Hall–Kier alpha value is -2.22. The number of nitrogens with one attached hydrogen (secondary N) is 1. The SMILES string of the molecule is Cn1cc(C(NC(=O)c2ccc(Br)cn2)C(=O)O)cn1. The van der Waals surface area contributed by atoms with Crippen LogP contribution in [0, 0.1) is 0 Å². The van der Waals surface area contributed by atoms with Crippen LogP contribution in [0.3, 0.4) is 0 Å². The Morgan fingerprint density at radius 1 is 1.40 bits per heavy atom. The minimum atomic E-state index is -1.17. The van der Waals surface area contributed by atoms with Crippen molar-refractivity contribution in [1.29, 1.82) is 0 Å². The second-order valence-electron chi connectivity index (χ2n) is 4.05. The van der Waals surface area contributed by atoms with Crippen LogP contribution in [-0.4, -0.2) is 31.7 Å². The molecule has 0 aliphatic heterocycles. The third-order valence-electron chi connectivity index (χ3n) is 2.54. The number of halogens is 1. The molecule has 0 saturated carbocycles. The molecule has 2 aromatic heterocycles. The van der Waals surface area contributed by atoms with Crippen molar-refractivity contribution in [2.45, 2.75) is 6.04 Å². The first-order chi connectivity index (χ1) is 9.47. The van der Waals surface area contributed by atoms with Crippen molar-refractivity contribution < 1.29 is 14.7 Å². The van der Waals surface area contributed by atoms with E-state index in [4.69, 9.17) is 0 Å². The Bertz CT molecular complexity index is 638. The quantitative estimate of drug-likeness (QED) is 0.870. The van der Waals surface area contributed by atoms with Crippen molar-refractivity contribution >= 4 is 27.8 Å². The molecule has 0 saturated heterocycles. The van der Waals surface area contributed by atoms with Crippen molar-refractivity contribution in [3.05, 3.63) is 46.5 Å². The Labute approximate surface area is 122 Å². The van der Waals surface area contributed by atoms with E-state index >= 15 is 0 Å². The van der Waals surface area contributed by atoms with Crippen LogP contribution in [0.1, 0.15) is 22.1 Å². The van der Waals surface area contributed by atoms with Gasteiger partial charge in [0.15, 0.2) is 6.04 Å². The van der Waals surface area contributed by atoms with Crippen LogP contribution in [-0.2, 0) is 11.8 Å². The number of hydrogen-bond acceptors (Lipinski definition) is 4. The number of hydrogen-bond donors (Lipinski definition) is 2. The van der Waals surface area contributed by atoms with Gasteiger partial charge in [-0.25, -0.2) is 9.78 Å². The van der Waals surface area contributed by atoms with E-state index < -0.39 is 17.9 Å². The fourth-order valence-corrected chi connectivity index (χ4v) is 1.83. The second kappa shape index (κ2) is 5.83. The van der Waals surface area contributed by atoms with Crippen LogP contribution in [0.25, 0.3) is 0 Å². The van der Waals surface area contributed by atoms with Gasteiger partial charge in [0.25, 0.3) is 5.91 Å². The normalized spacial score (nSPS) is 11.9. The molecule has 0 aromatic carbocycles. The van der Waals surface area contributed by atoms with Gasteiger partial charge in [-0.1, -0.05) is 0 Å². The van der Waals surface area contributed by atoms with E-state index in [-0.39, 0.29) is 5.69 Å². The number of carbonyl (C=O) groups is 2. The van der Waals surface area contributed by atoms with Crippen LogP contribution in [0.15, 0.2) is 35.2 Å². The summed E-state index contributed by atoms with van der Waals surface area (Å²) in [7, 11) is 1.67. The van der Waals surface area contributed by atoms with Crippen LogP contribution >= 0.6 is 15.9 Å². The number of aromatic nitrogens is 3. The number of aliphatic carboxylic acids is 1. The number of pyridine rings is 1. The standard InChI is InChI=1S/C12H11BrN4O3/c1-17-6-7(4-15-17)10(12(19)20)16-11(18)9-3-2-8(13)5-14-9/h2-6,10H,1H3,(H,16,18)(H,19,20). The van der Waals surface area contributed by atoms with Crippen molar-refractivity contribution in [1.82, 2.24) is 20.1 Å². The van der Waals surface area contributed by atoms with Gasteiger partial charge in [0.2, 0.25) is 0 Å². The summed E-state index contributed by atoms with van der Waals surface area (Å²) in [6.07, 6.45) is 4.40. The largest absolute Gasteiger partial charge is 0.479 e. The molecule has 1 amide bonds. The topological polar surface area (TPSA) is 97.1 Å². The van der Waals surface area contributed by atoms with Crippen molar-refractivity contribution in [2.75, 3.05) is 0 Å². The Kier molecular flexibility index (Phi) is 4.14. The highest BCUT2D eigenvalue weighted by Crippen LogP contribution is 2.13. The van der Waals surface area contributed by atoms with Crippen LogP contribution in [0.5, 0.6) is 0 Å². The maximum Gasteiger partial charge on any atom is 0.331 e. The highest BCUT2D eigenvalue weighted by molar-refractivity contribution is 9.10. The molecule has 2 aromatic rings. The zero-order valence-corrected chi connectivity index (χ0v) is 12.0. The van der Waals surface area contributed by atoms with Crippen molar-refractivity contribution in [2.24, 2.45) is 7.05 Å². The molecule has 0 aliphatic carbocycles. The predicted molar refractivity (Wildman–Crippen MR) is 73.0 cm³/mol. The summed E-state index contributed by atoms with van der Waals surface area (Å²) in [5, 5.41) is 15.5. The summed E-state index contributed by atoms with van der Waals surface area (Å²) < 4.78 is 2.20. The summed E-state index contributed by atoms with van der Waals surface area (Å²) in [5.41, 5.74) is 0.536. The Morgan fingerprint density at radius 3 is 2.65 bits per heavy atom. The van der Waals surface area contributed by atoms with E-state index in [9.17, 15) is 14.7 Å². The van der Waals surface area contributed by atoms with Gasteiger partial charge >= 0.3 is 5.97 Å². The van der Waals surface area contributed by atoms with Crippen molar-refractivity contribution in [3.8, 4) is 0 Å². The molecule has 0 fully saturated rings. The minimum absolute atomic E-state index is 0.142. The van der Waals surface area contributed by atoms with Gasteiger partial charge in [-0.05, 0) is 28.1 Å². The lowest BCUT2D eigenvalue weighted by molar-refractivity contribution is -0.139. The molecule has 2 N–H and O–H groups in total. The molecule has 8 heteroatoms. The summed E-state index contributed by atoms with van der Waals surface area (Å²) in [4.78, 5) is 27.1. The zero-order valence-electron chi connectivity index (χ0n) is 10.4. The fraction of sp³-hybridized carbons (Fsp3) is 0.167. The van der Waals surface area contributed by atoms with Crippen LogP contribution < -0.4 is 5.32 Å². The van der Waals surface area contributed by atoms with Gasteiger partial charge in [0, 0.05) is 29.5 Å². The molecule has 20 heavy (non-hydrogen) atoms. The van der Waals surface area contributed by atoms with E-state index in [1.807, 2.05) is 0 Å². The summed E-state index contributed by atoms with van der Waals surface area (Å²) in [6, 6.07) is 1.99. The summed E-state index contributed by atoms with van der Waals surface area (Å²) in [6.45, 7) is 0. The third-order valence-corrected chi connectivity index (χ3v) is 3.01. The molecule has 0 aliphatic rings. The highest BCUT2D eigenvalue weighted by Gasteiger charge is 2.24. The van der Waals surface area contributed by atoms with Gasteiger partial charge in [-0.15, -0.1) is 0 Å². The van der Waals surface area contributed by atoms with E-state index in [0.717, 1.165) is 4.47 Å². The first kappa shape index (κ1) is 14.2. The Morgan fingerprint density at radius 2 is 2.15 bits per heavy atom. The van der Waals surface area contributed by atoms with Gasteiger partial charge < -0.3 is 10.4 Å². The first-order valence-electron chi connectivity index (χ1n) is 5.61. The van der Waals surface area contributed by atoms with E-state index in [2.05, 4.69) is 31.3 Å². The lowest BCUT2D eigenvalue weighted by Gasteiger charge is -2.12. The summed E-state index contributed by atoms with van der Waals surface area (Å²) in [5.74, 6) is -1.72. The van der Waals surface area contributed by atoms with E-state index in [1.54, 1.807) is 13.1 Å². The molecule has 7 nitrogen and oxygen atoms in total. The van der Waals surface area contributed by atoms with E-state index in [1.165, 1.54) is 29.3 Å². The van der Waals surface area contributed by atoms with Gasteiger partial charge in [0.05, 0.1) is 6.20 Å². The fourth-order valence-electron chi connectivity index (χ4n) is 1.59. The number of aryl methyl sites for hydroxylation is 1. The molecule has 2 rings (SSSR count). The highest BCUT2D eigenvalue weighted by atomic mass is 79.9. The second-order valence-corrected chi connectivity index (χ2v) is 4.97. The van der Waals surface area contributed by atoms with Crippen molar-refractivity contribution in [3.63, 3.8) is 0 Å². The molecular formula is C12H11BrN4O3. The first-order valence-corrected chi connectivity index (χ1v) is 6.40. The molecule has 0 bridgehead atoms. The molecule has 1 atom stereocenters. The van der Waals surface area contributed by atoms with Gasteiger partial charge in [0.1, 0.15) is 5.69 Å². The van der Waals surface area contributed by atoms with Gasteiger partial charge in [-0.3, -0.25) is 9.48 Å². The molecule has 2 heterocycles. The minimum Gasteiger partial charge on any atom is -0.479 e. The molecule has 1 unspecified atom stereocenters. The maximum atomic E-state index is 12.0. The summed E-state index contributed by atoms with van der Waals surface area (Å²) >= 11 is 3.21. The molecular weight excluding hydrogens is 328 g/mol. The van der Waals surface area contributed by atoms with Crippen LogP contribution in [0.4, 0.5) is 0 Å². The predicted octanol–water partition coefficient (Wildman–Crippen LogP) is 1.13. The number of rotatable bonds is 4. The van der Waals surface area contributed by atoms with E-state index in [0.29, 0.717) is 5.56 Å². The number of amides is 1. The maximum absolute atomic E-state index is 12.0. The lowest BCUT2D eigenvalue weighted by atomic mass is 10.1. The average molecular weight is 339 g/mol. The third kappa shape index (κ3) is 3.21. The number of carbonyl (C=O) groups excluding carboxylic acids is 1. The molecule has 0 spiro atoms. The number of carboxylic acid groups (broad SMARTS) is 1. The monoisotopic (exact) mass is 338 g/mol. The Balaban J connectivity index is 2.18. The lowest BCUT2D eigenvalue weighted by Crippen LogP contribution is -2.34.